The van der Waals surface area contributed by atoms with Gasteiger partial charge in [-0.25, -0.2) is 0 Å². The molecule has 2 aliphatic heterocycles. The molecule has 0 radical (unpaired) electrons. The Balaban J connectivity index is 1.42. The first-order chi connectivity index (χ1) is 15.5. The number of carbonyl (C=O) groups is 1. The number of nitriles is 1. The van der Waals surface area contributed by atoms with Crippen LogP contribution in [0.1, 0.15) is 15.9 Å². The third-order valence-corrected chi connectivity index (χ3v) is 6.57. The Hall–Kier alpha value is -3.41. The summed E-state index contributed by atoms with van der Waals surface area (Å²) < 4.78 is 1.85. The number of fused-ring (bicyclic) bond motifs is 2. The van der Waals surface area contributed by atoms with Crippen molar-refractivity contribution in [2.24, 2.45) is 13.0 Å². The number of nitrogens with one attached hydrogen (secondary N) is 1. The van der Waals surface area contributed by atoms with Crippen LogP contribution in [-0.2, 0) is 13.6 Å². The predicted molar refractivity (Wildman–Crippen MR) is 124 cm³/mol. The summed E-state index contributed by atoms with van der Waals surface area (Å²) in [4.78, 5) is 17.3. The van der Waals surface area contributed by atoms with Crippen LogP contribution in [0.4, 0.5) is 5.69 Å². The van der Waals surface area contributed by atoms with Crippen LogP contribution < -0.4 is 11.1 Å². The second-order valence-electron chi connectivity index (χ2n) is 8.66. The van der Waals surface area contributed by atoms with Crippen LogP contribution >= 0.6 is 0 Å². The second-order valence-corrected chi connectivity index (χ2v) is 8.66. The van der Waals surface area contributed by atoms with E-state index in [2.05, 4.69) is 33.5 Å². The van der Waals surface area contributed by atoms with E-state index in [0.717, 1.165) is 53.8 Å². The zero-order chi connectivity index (χ0) is 22.2. The van der Waals surface area contributed by atoms with Gasteiger partial charge in [0.2, 0.25) is 0 Å². The number of carbonyl (C=O) groups excluding carboxylic acids is 1. The molecule has 5 rings (SSSR count). The molecule has 1 fully saturated rings. The molecule has 0 saturated carbocycles. The predicted octanol–water partition coefficient (Wildman–Crippen LogP) is 1.82. The van der Waals surface area contributed by atoms with E-state index in [4.69, 9.17) is 5.73 Å². The highest BCUT2D eigenvalue weighted by atomic mass is 16.2. The molecule has 1 unspecified atom stereocenters. The molecule has 3 N–H and O–H groups in total. The van der Waals surface area contributed by atoms with E-state index in [9.17, 15) is 10.1 Å². The number of nitrogen functional groups attached to an aromatic ring is 1. The maximum atomic E-state index is 13.3. The lowest BCUT2D eigenvalue weighted by molar-refractivity contribution is 0.0751. The summed E-state index contributed by atoms with van der Waals surface area (Å²) in [7, 11) is 1.92. The quantitative estimate of drug-likeness (QED) is 0.600. The van der Waals surface area contributed by atoms with Crippen LogP contribution in [0.2, 0.25) is 0 Å². The molecule has 164 valence electrons. The molecule has 1 aromatic heterocycles. The fourth-order valence-corrected chi connectivity index (χ4v) is 4.84. The van der Waals surface area contributed by atoms with Gasteiger partial charge in [0.25, 0.3) is 5.91 Å². The summed E-state index contributed by atoms with van der Waals surface area (Å²) in [5.74, 6) is -0.316. The Morgan fingerprint density at radius 1 is 1.22 bits per heavy atom. The van der Waals surface area contributed by atoms with Crippen molar-refractivity contribution in [1.82, 2.24) is 24.9 Å². The Morgan fingerprint density at radius 3 is 2.81 bits per heavy atom. The Labute approximate surface area is 187 Å². The molecule has 0 aliphatic carbocycles. The summed E-state index contributed by atoms with van der Waals surface area (Å²) in [5, 5.41) is 18.5. The number of amides is 1. The van der Waals surface area contributed by atoms with E-state index >= 15 is 0 Å². The highest BCUT2D eigenvalue weighted by Gasteiger charge is 2.33. The van der Waals surface area contributed by atoms with Gasteiger partial charge in [-0.05, 0) is 28.8 Å². The molecule has 1 atom stereocenters. The van der Waals surface area contributed by atoms with Gasteiger partial charge < -0.3 is 16.0 Å². The Bertz CT molecular complexity index is 1220. The number of piperazine rings is 1. The average molecular weight is 430 g/mol. The van der Waals surface area contributed by atoms with Gasteiger partial charge in [-0.3, -0.25) is 14.4 Å². The van der Waals surface area contributed by atoms with E-state index in [-0.39, 0.29) is 11.8 Å². The maximum absolute atomic E-state index is 13.3. The molecule has 3 heterocycles. The third kappa shape index (κ3) is 3.60. The van der Waals surface area contributed by atoms with Gasteiger partial charge in [-0.2, -0.15) is 10.4 Å². The molecule has 1 amide bonds. The van der Waals surface area contributed by atoms with Crippen molar-refractivity contribution < 1.29 is 4.79 Å². The van der Waals surface area contributed by atoms with Crippen molar-refractivity contribution in [3.05, 3.63) is 47.7 Å². The minimum Gasteiger partial charge on any atom is -0.398 e. The van der Waals surface area contributed by atoms with Crippen LogP contribution in [0.3, 0.4) is 0 Å². The molecule has 3 aromatic rings. The topological polar surface area (TPSA) is 103 Å². The van der Waals surface area contributed by atoms with Gasteiger partial charge in [0, 0.05) is 63.9 Å². The van der Waals surface area contributed by atoms with Gasteiger partial charge in [0.1, 0.15) is 0 Å². The molecular weight excluding hydrogens is 402 g/mol. The number of hydrogen-bond donors (Lipinski definition) is 2. The van der Waals surface area contributed by atoms with E-state index < -0.39 is 0 Å². The molecule has 8 nitrogen and oxygen atoms in total. The van der Waals surface area contributed by atoms with E-state index in [1.54, 1.807) is 4.90 Å². The normalized spacial score (nSPS) is 17.5. The molecule has 2 aliphatic rings. The van der Waals surface area contributed by atoms with Crippen molar-refractivity contribution in [3.63, 3.8) is 0 Å². The molecule has 32 heavy (non-hydrogen) atoms. The Morgan fingerprint density at radius 2 is 2.03 bits per heavy atom. The van der Waals surface area contributed by atoms with Gasteiger partial charge in [-0.15, -0.1) is 0 Å². The number of aromatic nitrogens is 2. The van der Waals surface area contributed by atoms with Crippen LogP contribution in [0.15, 0.2) is 36.5 Å². The number of benzene rings is 2. The molecule has 0 spiro atoms. The molecule has 2 aromatic carbocycles. The summed E-state index contributed by atoms with van der Waals surface area (Å²) in [5.41, 5.74) is 11.3. The number of anilines is 1. The van der Waals surface area contributed by atoms with E-state index in [1.807, 2.05) is 36.1 Å². The monoisotopic (exact) mass is 429 g/mol. The number of aryl methyl sites for hydroxylation is 1. The van der Waals surface area contributed by atoms with E-state index in [1.165, 1.54) is 0 Å². The molecular formula is C24H27N7O. The lowest BCUT2D eigenvalue weighted by atomic mass is 9.95. The van der Waals surface area contributed by atoms with Crippen LogP contribution in [0.25, 0.3) is 22.0 Å². The standard InChI is InChI=1S/C24H27N7O/c1-29-22-10-17(2-3-18(22)12-28-29)19-4-5-21(26)23-20(19)15-31(24(23)32)14-16(11-25)13-30-8-6-27-7-9-30/h2-5,10,12,16,27H,6-9,13-15,26H2,1H3. The minimum absolute atomic E-state index is 0.0819. The first-order valence-electron chi connectivity index (χ1n) is 11.0. The highest BCUT2D eigenvalue weighted by Crippen LogP contribution is 2.37. The first kappa shape index (κ1) is 20.5. The third-order valence-electron chi connectivity index (χ3n) is 6.57. The average Bonchev–Trinajstić information content (AvgIpc) is 3.34. The van der Waals surface area contributed by atoms with Crippen molar-refractivity contribution in [1.29, 1.82) is 5.26 Å². The van der Waals surface area contributed by atoms with Crippen LogP contribution in [0.5, 0.6) is 0 Å². The Kier molecular flexibility index (Phi) is 5.29. The van der Waals surface area contributed by atoms with Crippen LogP contribution in [0, 0.1) is 17.2 Å². The van der Waals surface area contributed by atoms with Crippen molar-refractivity contribution in [3.8, 4) is 17.2 Å². The fourth-order valence-electron chi connectivity index (χ4n) is 4.84. The molecule has 8 heteroatoms. The number of hydrogen-bond acceptors (Lipinski definition) is 6. The van der Waals surface area contributed by atoms with Crippen molar-refractivity contribution in [2.45, 2.75) is 6.54 Å². The SMILES string of the molecule is Cn1ncc2ccc(-c3ccc(N)c4c3CN(CC(C#N)CN3CCNCC3)C4=O)cc21. The second kappa shape index (κ2) is 8.26. The lowest BCUT2D eigenvalue weighted by Gasteiger charge is -2.30. The van der Waals surface area contributed by atoms with E-state index in [0.29, 0.717) is 30.9 Å². The summed E-state index contributed by atoms with van der Waals surface area (Å²) in [6.45, 7) is 5.29. The number of nitrogens with zero attached hydrogens (tertiary/aromatic N) is 5. The minimum atomic E-state index is -0.234. The number of rotatable bonds is 5. The van der Waals surface area contributed by atoms with Crippen molar-refractivity contribution >= 4 is 22.5 Å². The lowest BCUT2D eigenvalue weighted by Crippen LogP contribution is -2.46. The van der Waals surface area contributed by atoms with Gasteiger partial charge in [0.15, 0.2) is 0 Å². The molecule has 1 saturated heterocycles. The zero-order valence-corrected chi connectivity index (χ0v) is 18.2. The van der Waals surface area contributed by atoms with Gasteiger partial charge in [0.05, 0.1) is 29.3 Å². The highest BCUT2D eigenvalue weighted by molar-refractivity contribution is 6.05. The zero-order valence-electron chi connectivity index (χ0n) is 18.2. The summed E-state index contributed by atoms with van der Waals surface area (Å²) >= 11 is 0. The largest absolute Gasteiger partial charge is 0.398 e. The van der Waals surface area contributed by atoms with Gasteiger partial charge in [-0.1, -0.05) is 18.2 Å². The smallest absolute Gasteiger partial charge is 0.256 e. The number of nitrogens with two attached hydrogens (primary N) is 1. The van der Waals surface area contributed by atoms with Crippen LogP contribution in [-0.4, -0.2) is 64.8 Å². The van der Waals surface area contributed by atoms with Gasteiger partial charge >= 0.3 is 0 Å². The summed E-state index contributed by atoms with van der Waals surface area (Å²) in [6, 6.07) is 12.4. The fraction of sp³-hybridized carbons (Fsp3) is 0.375. The van der Waals surface area contributed by atoms with Crippen molar-refractivity contribution in [2.75, 3.05) is 45.0 Å². The summed E-state index contributed by atoms with van der Waals surface area (Å²) in [6.07, 6.45) is 1.85. The molecule has 0 bridgehead atoms. The first-order valence-corrected chi connectivity index (χ1v) is 11.0. The maximum Gasteiger partial charge on any atom is 0.256 e.